The number of piperazine rings is 1. The van der Waals surface area contributed by atoms with E-state index in [1.807, 2.05) is 62.8 Å². The minimum Gasteiger partial charge on any atom is -0.444 e. The summed E-state index contributed by atoms with van der Waals surface area (Å²) in [6.07, 6.45) is 3.16. The molecule has 2 aromatic rings. The zero-order chi connectivity index (χ0) is 22.8. The lowest BCUT2D eigenvalue weighted by Gasteiger charge is -2.41. The third-order valence-electron chi connectivity index (χ3n) is 5.27. The van der Waals surface area contributed by atoms with Gasteiger partial charge in [-0.15, -0.1) is 0 Å². The highest BCUT2D eigenvalue weighted by molar-refractivity contribution is 5.90. The summed E-state index contributed by atoms with van der Waals surface area (Å²) in [7, 11) is 1.89. The molecule has 1 aliphatic heterocycles. The molecule has 1 N–H and O–H groups in total. The number of hydrogen-bond donors (Lipinski definition) is 1. The van der Waals surface area contributed by atoms with Gasteiger partial charge in [-0.1, -0.05) is 32.0 Å². The fraction of sp³-hybridized carbons (Fsp3) is 0.522. The fourth-order valence-corrected chi connectivity index (χ4v) is 3.74. The van der Waals surface area contributed by atoms with Crippen LogP contribution in [0.1, 0.15) is 58.0 Å². The van der Waals surface area contributed by atoms with E-state index in [1.54, 1.807) is 16.0 Å². The van der Waals surface area contributed by atoms with Gasteiger partial charge >= 0.3 is 12.1 Å². The predicted molar refractivity (Wildman–Crippen MR) is 120 cm³/mol. The Morgan fingerprint density at radius 2 is 1.90 bits per heavy atom. The van der Waals surface area contributed by atoms with Crippen molar-refractivity contribution in [2.24, 2.45) is 7.05 Å². The van der Waals surface area contributed by atoms with Crippen molar-refractivity contribution in [1.29, 1.82) is 0 Å². The van der Waals surface area contributed by atoms with Gasteiger partial charge in [0, 0.05) is 38.2 Å². The smallest absolute Gasteiger partial charge is 0.410 e. The van der Waals surface area contributed by atoms with E-state index >= 15 is 0 Å². The van der Waals surface area contributed by atoms with Crippen molar-refractivity contribution >= 4 is 17.8 Å². The molecule has 0 bridgehead atoms. The number of benzene rings is 1. The Labute approximate surface area is 184 Å². The van der Waals surface area contributed by atoms with Crippen molar-refractivity contribution in [2.75, 3.05) is 25.0 Å². The van der Waals surface area contributed by atoms with E-state index in [2.05, 4.69) is 24.1 Å². The number of urea groups is 1. The Bertz CT molecular complexity index is 931. The van der Waals surface area contributed by atoms with Crippen LogP contribution in [0.4, 0.5) is 15.3 Å². The van der Waals surface area contributed by atoms with E-state index in [0.29, 0.717) is 19.6 Å². The molecule has 1 aromatic heterocycles. The van der Waals surface area contributed by atoms with Crippen LogP contribution < -0.4 is 5.32 Å². The summed E-state index contributed by atoms with van der Waals surface area (Å²) in [6.45, 7) is 10.8. The first-order valence-electron chi connectivity index (χ1n) is 10.7. The fourth-order valence-electron chi connectivity index (χ4n) is 3.74. The number of carbonyl (C=O) groups is 2. The largest absolute Gasteiger partial charge is 0.444 e. The number of imidazole rings is 1. The predicted octanol–water partition coefficient (Wildman–Crippen LogP) is 4.37. The number of nitrogens with one attached hydrogen (secondary N) is 1. The number of amides is 3. The number of ether oxygens (including phenoxy) is 1. The zero-order valence-corrected chi connectivity index (χ0v) is 19.3. The van der Waals surface area contributed by atoms with Crippen LogP contribution in [0.5, 0.6) is 0 Å². The average molecular weight is 428 g/mol. The first-order valence-corrected chi connectivity index (χ1v) is 10.7. The zero-order valence-electron chi connectivity index (χ0n) is 19.3. The maximum atomic E-state index is 13.3. The van der Waals surface area contributed by atoms with Gasteiger partial charge < -0.3 is 24.4 Å². The Balaban J connectivity index is 1.83. The van der Waals surface area contributed by atoms with Crippen LogP contribution in [0.15, 0.2) is 36.7 Å². The van der Waals surface area contributed by atoms with Crippen molar-refractivity contribution in [3.8, 4) is 0 Å². The molecule has 1 atom stereocenters. The Kier molecular flexibility index (Phi) is 6.57. The Morgan fingerprint density at radius 1 is 1.19 bits per heavy atom. The summed E-state index contributed by atoms with van der Waals surface area (Å²) in [4.78, 5) is 33.8. The van der Waals surface area contributed by atoms with E-state index in [-0.39, 0.29) is 24.1 Å². The van der Waals surface area contributed by atoms with E-state index in [1.165, 1.54) is 0 Å². The number of anilines is 1. The first-order chi connectivity index (χ1) is 14.6. The molecule has 168 valence electrons. The highest BCUT2D eigenvalue weighted by Gasteiger charge is 2.37. The second kappa shape index (κ2) is 8.99. The average Bonchev–Trinajstić information content (AvgIpc) is 3.12. The standard InChI is InChI=1S/C23H33N5O3/c1-16(2)17-9-7-8-10-18(17)25-21(29)28-14-13-27(22(30)31-23(3,4)5)15-19(28)20-24-11-12-26(20)6/h7-12,16,19H,13-15H2,1-6H3,(H,25,29)/t19-/m0/s1. The molecule has 8 nitrogen and oxygen atoms in total. The van der Waals surface area contributed by atoms with Gasteiger partial charge in [0.2, 0.25) is 0 Å². The van der Waals surface area contributed by atoms with Crippen molar-refractivity contribution in [3.63, 3.8) is 0 Å². The summed E-state index contributed by atoms with van der Waals surface area (Å²) in [6, 6.07) is 7.24. The second-order valence-corrected chi connectivity index (χ2v) is 9.20. The summed E-state index contributed by atoms with van der Waals surface area (Å²) in [5.41, 5.74) is 1.30. The quantitative estimate of drug-likeness (QED) is 0.789. The highest BCUT2D eigenvalue weighted by atomic mass is 16.6. The summed E-state index contributed by atoms with van der Waals surface area (Å²) < 4.78 is 7.43. The van der Waals surface area contributed by atoms with Gasteiger partial charge in [-0.3, -0.25) is 0 Å². The van der Waals surface area contributed by atoms with E-state index < -0.39 is 5.60 Å². The molecule has 0 unspecified atom stereocenters. The number of hydrogen-bond acceptors (Lipinski definition) is 4. The molecule has 3 amide bonds. The molecule has 2 heterocycles. The van der Waals surface area contributed by atoms with Crippen LogP contribution in [0.2, 0.25) is 0 Å². The Hall–Kier alpha value is -3.03. The highest BCUT2D eigenvalue weighted by Crippen LogP contribution is 2.28. The summed E-state index contributed by atoms with van der Waals surface area (Å²) in [5.74, 6) is 1.01. The van der Waals surface area contributed by atoms with Gasteiger partial charge in [0.25, 0.3) is 0 Å². The van der Waals surface area contributed by atoms with E-state index in [9.17, 15) is 9.59 Å². The van der Waals surface area contributed by atoms with Crippen LogP contribution in [-0.4, -0.2) is 56.7 Å². The maximum Gasteiger partial charge on any atom is 0.410 e. The van der Waals surface area contributed by atoms with Crippen LogP contribution in [0.25, 0.3) is 0 Å². The van der Waals surface area contributed by atoms with Crippen LogP contribution in [0, 0.1) is 0 Å². The molecule has 0 radical (unpaired) electrons. The molecule has 1 aromatic carbocycles. The van der Waals surface area contributed by atoms with Crippen LogP contribution >= 0.6 is 0 Å². The van der Waals surface area contributed by atoms with Gasteiger partial charge in [-0.25, -0.2) is 14.6 Å². The van der Waals surface area contributed by atoms with Gasteiger partial charge in [-0.2, -0.15) is 0 Å². The molecule has 1 saturated heterocycles. The lowest BCUT2D eigenvalue weighted by molar-refractivity contribution is 0.00862. The lowest BCUT2D eigenvalue weighted by atomic mass is 10.0. The molecule has 3 rings (SSSR count). The van der Waals surface area contributed by atoms with Crippen LogP contribution in [-0.2, 0) is 11.8 Å². The lowest BCUT2D eigenvalue weighted by Crippen LogP contribution is -2.54. The number of carbonyl (C=O) groups excluding carboxylic acids is 2. The molecule has 0 saturated carbocycles. The molecule has 31 heavy (non-hydrogen) atoms. The third kappa shape index (κ3) is 5.37. The maximum absolute atomic E-state index is 13.3. The molecular weight excluding hydrogens is 394 g/mol. The summed E-state index contributed by atoms with van der Waals surface area (Å²) in [5, 5.41) is 3.07. The first kappa shape index (κ1) is 22.7. The topological polar surface area (TPSA) is 79.7 Å². The van der Waals surface area contributed by atoms with Crippen molar-refractivity contribution in [3.05, 3.63) is 48.0 Å². The number of para-hydroxylation sites is 1. The molecule has 1 aliphatic rings. The van der Waals surface area contributed by atoms with Gasteiger partial charge in [0.15, 0.2) is 0 Å². The molecule has 1 fully saturated rings. The summed E-state index contributed by atoms with van der Waals surface area (Å²) >= 11 is 0. The second-order valence-electron chi connectivity index (χ2n) is 9.20. The monoisotopic (exact) mass is 427 g/mol. The number of aromatic nitrogens is 2. The van der Waals surface area contributed by atoms with E-state index in [4.69, 9.17) is 4.74 Å². The van der Waals surface area contributed by atoms with Gasteiger partial charge in [0.05, 0.1) is 6.54 Å². The van der Waals surface area contributed by atoms with Gasteiger partial charge in [0.1, 0.15) is 17.5 Å². The Morgan fingerprint density at radius 3 is 2.52 bits per heavy atom. The molecule has 0 aliphatic carbocycles. The molecular formula is C23H33N5O3. The van der Waals surface area contributed by atoms with Crippen molar-refractivity contribution in [2.45, 2.75) is 52.2 Å². The molecule has 0 spiro atoms. The normalized spacial score (nSPS) is 17.1. The number of rotatable bonds is 3. The van der Waals surface area contributed by atoms with Crippen molar-refractivity contribution < 1.29 is 14.3 Å². The SMILES string of the molecule is CC(C)c1ccccc1NC(=O)N1CCN(C(=O)OC(C)(C)C)C[C@H]1c1nccn1C. The number of aryl methyl sites for hydroxylation is 1. The number of nitrogens with zero attached hydrogens (tertiary/aromatic N) is 4. The van der Waals surface area contributed by atoms with Crippen LogP contribution in [0.3, 0.4) is 0 Å². The minimum atomic E-state index is -0.579. The van der Waals surface area contributed by atoms with Gasteiger partial charge in [-0.05, 0) is 38.3 Å². The van der Waals surface area contributed by atoms with Crippen molar-refractivity contribution in [1.82, 2.24) is 19.4 Å². The minimum absolute atomic E-state index is 0.204. The molecule has 8 heteroatoms. The third-order valence-corrected chi connectivity index (χ3v) is 5.27. The van der Waals surface area contributed by atoms with E-state index in [0.717, 1.165) is 17.1 Å².